The predicted molar refractivity (Wildman–Crippen MR) is 124 cm³/mol. The highest BCUT2D eigenvalue weighted by molar-refractivity contribution is 5.94. The number of benzene rings is 2. The molecule has 5 rings (SSSR count). The minimum absolute atomic E-state index is 0.0172. The number of aromatic amines is 1. The highest BCUT2D eigenvalue weighted by Crippen LogP contribution is 2.26. The van der Waals surface area contributed by atoms with Gasteiger partial charge in [0.2, 0.25) is 0 Å². The molecular formula is C24H24N6O3. The lowest BCUT2D eigenvalue weighted by atomic mass is 10.1. The van der Waals surface area contributed by atoms with E-state index in [0.29, 0.717) is 44.2 Å². The minimum Gasteiger partial charge on any atom is -0.381 e. The maximum Gasteiger partial charge on any atom is 0.254 e. The molecule has 9 heteroatoms. The highest BCUT2D eigenvalue weighted by Gasteiger charge is 2.19. The van der Waals surface area contributed by atoms with Crippen LogP contribution in [0.5, 0.6) is 0 Å². The summed E-state index contributed by atoms with van der Waals surface area (Å²) < 4.78 is 12.1. The average molecular weight is 444 g/mol. The largest absolute Gasteiger partial charge is 0.381 e. The first-order valence-corrected chi connectivity index (χ1v) is 10.8. The summed E-state index contributed by atoms with van der Waals surface area (Å²) in [7, 11) is 1.67. The summed E-state index contributed by atoms with van der Waals surface area (Å²) in [5.74, 6) is 0.0172. The van der Waals surface area contributed by atoms with Gasteiger partial charge in [0, 0.05) is 31.1 Å². The van der Waals surface area contributed by atoms with Crippen molar-refractivity contribution in [1.82, 2.24) is 30.1 Å². The molecule has 1 fully saturated rings. The quantitative estimate of drug-likeness (QED) is 0.491. The van der Waals surface area contributed by atoms with Crippen molar-refractivity contribution in [2.24, 2.45) is 0 Å². The Labute approximate surface area is 190 Å². The second kappa shape index (κ2) is 9.35. The zero-order valence-corrected chi connectivity index (χ0v) is 18.3. The van der Waals surface area contributed by atoms with Crippen LogP contribution in [0.4, 0.5) is 0 Å². The Morgan fingerprint density at radius 2 is 2.00 bits per heavy atom. The smallest absolute Gasteiger partial charge is 0.254 e. The van der Waals surface area contributed by atoms with Crippen LogP contribution in [0.15, 0.2) is 54.7 Å². The first-order valence-electron chi connectivity index (χ1n) is 10.8. The second-order valence-electron chi connectivity index (χ2n) is 7.73. The first kappa shape index (κ1) is 21.0. The molecule has 1 amide bonds. The number of hydrogen-bond donors (Lipinski definition) is 1. The third-order valence-corrected chi connectivity index (χ3v) is 5.57. The van der Waals surface area contributed by atoms with Gasteiger partial charge >= 0.3 is 0 Å². The van der Waals surface area contributed by atoms with Crippen molar-refractivity contribution in [3.05, 3.63) is 65.9 Å². The molecular weight excluding hydrogens is 420 g/mol. The van der Waals surface area contributed by atoms with Crippen LogP contribution in [0.25, 0.3) is 34.1 Å². The zero-order valence-electron chi connectivity index (χ0n) is 18.3. The average Bonchev–Trinajstić information content (AvgIpc) is 3.51. The molecule has 0 unspecified atom stereocenters. The van der Waals surface area contributed by atoms with Gasteiger partial charge in [-0.25, -0.2) is 4.68 Å². The minimum atomic E-state index is 0.0172. The van der Waals surface area contributed by atoms with Gasteiger partial charge in [0.15, 0.2) is 0 Å². The van der Waals surface area contributed by atoms with Crippen LogP contribution in [0.1, 0.15) is 15.9 Å². The van der Waals surface area contributed by atoms with E-state index in [4.69, 9.17) is 9.47 Å². The third kappa shape index (κ3) is 4.41. The maximum atomic E-state index is 12.6. The van der Waals surface area contributed by atoms with Crippen LogP contribution in [0, 0.1) is 0 Å². The number of methoxy groups -OCH3 is 1. The number of carbonyl (C=O) groups excluding carboxylic acids is 1. The van der Waals surface area contributed by atoms with Crippen molar-refractivity contribution in [2.75, 3.05) is 40.0 Å². The number of nitrogens with one attached hydrogen (secondary N) is 1. The molecule has 0 aliphatic carbocycles. The van der Waals surface area contributed by atoms with Crippen LogP contribution in [-0.4, -0.2) is 76.0 Å². The van der Waals surface area contributed by atoms with E-state index in [1.165, 1.54) is 0 Å². The van der Waals surface area contributed by atoms with Gasteiger partial charge in [-0.15, -0.1) is 5.10 Å². The lowest BCUT2D eigenvalue weighted by molar-refractivity contribution is 0.0303. The first-order chi connectivity index (χ1) is 16.2. The van der Waals surface area contributed by atoms with Gasteiger partial charge < -0.3 is 14.4 Å². The maximum absolute atomic E-state index is 12.6. The van der Waals surface area contributed by atoms with E-state index in [2.05, 4.69) is 20.5 Å². The van der Waals surface area contributed by atoms with Gasteiger partial charge in [0.05, 0.1) is 37.2 Å². The van der Waals surface area contributed by atoms with Gasteiger partial charge in [0.1, 0.15) is 11.4 Å². The number of nitrogens with zero attached hydrogens (tertiary/aromatic N) is 5. The molecule has 0 bridgehead atoms. The van der Waals surface area contributed by atoms with E-state index in [0.717, 1.165) is 27.8 Å². The molecule has 1 N–H and O–H groups in total. The number of rotatable bonds is 6. The van der Waals surface area contributed by atoms with E-state index in [1.807, 2.05) is 65.7 Å². The van der Waals surface area contributed by atoms with Gasteiger partial charge in [-0.3, -0.25) is 9.89 Å². The molecule has 2 aromatic heterocycles. The van der Waals surface area contributed by atoms with E-state index in [9.17, 15) is 4.79 Å². The number of H-pyrrole nitrogens is 1. The molecule has 3 heterocycles. The lowest BCUT2D eigenvalue weighted by Crippen LogP contribution is -2.40. The molecule has 0 radical (unpaired) electrons. The summed E-state index contributed by atoms with van der Waals surface area (Å²) in [5.41, 5.74) is 4.85. The van der Waals surface area contributed by atoms with Crippen molar-refractivity contribution < 1.29 is 14.3 Å². The van der Waals surface area contributed by atoms with Crippen LogP contribution < -0.4 is 0 Å². The number of carbonyl (C=O) groups is 1. The number of morpholine rings is 1. The number of fused-ring (bicyclic) bond motifs is 1. The molecule has 0 spiro atoms. The van der Waals surface area contributed by atoms with Gasteiger partial charge in [-0.1, -0.05) is 23.4 Å². The molecule has 0 saturated carbocycles. The standard InChI is InChI=1S/C24H24N6O3/c1-32-12-2-3-17-4-9-20-21(15-17)25-27-23(20)22-16-30(28-26-22)19-7-5-18(6-8-19)24(31)29-10-13-33-14-11-29/h2-9,15-16H,10-14H2,1H3,(H,25,27)/b3-2+. The van der Waals surface area contributed by atoms with Crippen LogP contribution in [0.3, 0.4) is 0 Å². The number of amides is 1. The molecule has 2 aromatic carbocycles. The Hall–Kier alpha value is -3.82. The summed E-state index contributed by atoms with van der Waals surface area (Å²) in [6.45, 7) is 2.97. The molecule has 168 valence electrons. The van der Waals surface area contributed by atoms with E-state index in [-0.39, 0.29) is 5.91 Å². The Bertz CT molecular complexity index is 1290. The van der Waals surface area contributed by atoms with Crippen molar-refractivity contribution >= 4 is 22.9 Å². The van der Waals surface area contributed by atoms with Gasteiger partial charge in [-0.05, 0) is 42.0 Å². The Kier molecular flexibility index (Phi) is 5.97. The fraction of sp³-hybridized carbons (Fsp3) is 0.250. The normalized spacial score (nSPS) is 14.4. The monoisotopic (exact) mass is 444 g/mol. The summed E-state index contributed by atoms with van der Waals surface area (Å²) in [6, 6.07) is 13.5. The van der Waals surface area contributed by atoms with Crippen LogP contribution >= 0.6 is 0 Å². The molecule has 4 aromatic rings. The van der Waals surface area contributed by atoms with Crippen LogP contribution in [0.2, 0.25) is 0 Å². The molecule has 1 aliphatic rings. The van der Waals surface area contributed by atoms with Crippen molar-refractivity contribution in [3.8, 4) is 17.1 Å². The van der Waals surface area contributed by atoms with E-state index in [1.54, 1.807) is 11.8 Å². The zero-order chi connectivity index (χ0) is 22.6. The van der Waals surface area contributed by atoms with Crippen molar-refractivity contribution in [1.29, 1.82) is 0 Å². The fourth-order valence-electron chi connectivity index (χ4n) is 3.82. The highest BCUT2D eigenvalue weighted by atomic mass is 16.5. The molecule has 0 atom stereocenters. The molecule has 9 nitrogen and oxygen atoms in total. The molecule has 33 heavy (non-hydrogen) atoms. The number of ether oxygens (including phenoxy) is 2. The fourth-order valence-corrected chi connectivity index (χ4v) is 3.82. The summed E-state index contributed by atoms with van der Waals surface area (Å²) in [4.78, 5) is 14.5. The van der Waals surface area contributed by atoms with E-state index >= 15 is 0 Å². The van der Waals surface area contributed by atoms with Gasteiger partial charge in [-0.2, -0.15) is 5.10 Å². The number of aromatic nitrogens is 5. The number of hydrogen-bond acceptors (Lipinski definition) is 6. The summed E-state index contributed by atoms with van der Waals surface area (Å²) in [5, 5.41) is 17.1. The lowest BCUT2D eigenvalue weighted by Gasteiger charge is -2.26. The SMILES string of the molecule is COC/C=C/c1ccc2c(-c3cn(-c4ccc(C(=O)N5CCOCC5)cc4)nn3)n[nH]c2c1. The topological polar surface area (TPSA) is 98.2 Å². The second-order valence-corrected chi connectivity index (χ2v) is 7.73. The summed E-state index contributed by atoms with van der Waals surface area (Å²) >= 11 is 0. The third-order valence-electron chi connectivity index (χ3n) is 5.57. The van der Waals surface area contributed by atoms with Crippen molar-refractivity contribution in [3.63, 3.8) is 0 Å². The Morgan fingerprint density at radius 3 is 2.79 bits per heavy atom. The summed E-state index contributed by atoms with van der Waals surface area (Å²) in [6.07, 6.45) is 5.80. The van der Waals surface area contributed by atoms with Gasteiger partial charge in [0.25, 0.3) is 5.91 Å². The Balaban J connectivity index is 1.35. The Morgan fingerprint density at radius 1 is 1.18 bits per heavy atom. The van der Waals surface area contributed by atoms with E-state index < -0.39 is 0 Å². The van der Waals surface area contributed by atoms with Crippen LogP contribution in [-0.2, 0) is 9.47 Å². The molecule has 1 aliphatic heterocycles. The van der Waals surface area contributed by atoms with Crippen molar-refractivity contribution in [2.45, 2.75) is 0 Å². The molecule has 1 saturated heterocycles. The predicted octanol–water partition coefficient (Wildman–Crippen LogP) is 2.94.